The number of benzene rings is 1. The van der Waals surface area contributed by atoms with Crippen molar-refractivity contribution in [3.05, 3.63) is 51.7 Å². The standard InChI is InChI=1S/C16H20ClN3O/c1-3-13-14(9-18)16(20-19-15(13)4-2)21-10-11-5-7-12(17)8-6-11/h5-8H,3-4,9-10,18H2,1-2H3. The summed E-state index contributed by atoms with van der Waals surface area (Å²) in [5.74, 6) is 0.529. The van der Waals surface area contributed by atoms with Gasteiger partial charge in [0, 0.05) is 17.1 Å². The fourth-order valence-corrected chi connectivity index (χ4v) is 2.42. The molecule has 4 nitrogen and oxygen atoms in total. The van der Waals surface area contributed by atoms with Crippen molar-refractivity contribution in [2.75, 3.05) is 0 Å². The predicted molar refractivity (Wildman–Crippen MR) is 84.5 cm³/mol. The Hall–Kier alpha value is -1.65. The zero-order chi connectivity index (χ0) is 15.2. The number of nitrogens with two attached hydrogens (primary N) is 1. The van der Waals surface area contributed by atoms with E-state index in [-0.39, 0.29) is 0 Å². The molecule has 0 radical (unpaired) electrons. The molecule has 0 saturated heterocycles. The van der Waals surface area contributed by atoms with E-state index in [4.69, 9.17) is 22.1 Å². The molecule has 0 fully saturated rings. The summed E-state index contributed by atoms with van der Waals surface area (Å²) >= 11 is 5.87. The zero-order valence-electron chi connectivity index (χ0n) is 12.4. The first kappa shape index (κ1) is 15.7. The monoisotopic (exact) mass is 305 g/mol. The molecule has 0 spiro atoms. The molecule has 0 aliphatic heterocycles. The van der Waals surface area contributed by atoms with Crippen LogP contribution in [-0.4, -0.2) is 10.2 Å². The Balaban J connectivity index is 2.21. The van der Waals surface area contributed by atoms with Crippen LogP contribution in [0.25, 0.3) is 0 Å². The maximum Gasteiger partial charge on any atom is 0.238 e. The van der Waals surface area contributed by atoms with Gasteiger partial charge in [0.25, 0.3) is 0 Å². The Kier molecular flexibility index (Phi) is 5.53. The van der Waals surface area contributed by atoms with E-state index in [0.29, 0.717) is 24.1 Å². The van der Waals surface area contributed by atoms with E-state index >= 15 is 0 Å². The summed E-state index contributed by atoms with van der Waals surface area (Å²) in [7, 11) is 0. The summed E-state index contributed by atoms with van der Waals surface area (Å²) in [5.41, 5.74) is 10.0. The van der Waals surface area contributed by atoms with Crippen molar-refractivity contribution in [3.63, 3.8) is 0 Å². The maximum absolute atomic E-state index is 5.87. The molecule has 0 bridgehead atoms. The van der Waals surface area contributed by atoms with Crippen LogP contribution in [0.1, 0.15) is 36.2 Å². The van der Waals surface area contributed by atoms with Gasteiger partial charge in [0.2, 0.25) is 5.88 Å². The molecule has 0 amide bonds. The highest BCUT2D eigenvalue weighted by molar-refractivity contribution is 6.30. The van der Waals surface area contributed by atoms with Crippen LogP contribution in [0.3, 0.4) is 0 Å². The number of hydrogen-bond donors (Lipinski definition) is 1. The smallest absolute Gasteiger partial charge is 0.238 e. The van der Waals surface area contributed by atoms with Gasteiger partial charge in [-0.25, -0.2) is 0 Å². The van der Waals surface area contributed by atoms with Gasteiger partial charge in [0.05, 0.1) is 5.69 Å². The van der Waals surface area contributed by atoms with E-state index in [1.807, 2.05) is 24.3 Å². The molecular formula is C16H20ClN3O. The molecule has 21 heavy (non-hydrogen) atoms. The first-order valence-corrected chi connectivity index (χ1v) is 7.52. The number of aromatic nitrogens is 2. The lowest BCUT2D eigenvalue weighted by molar-refractivity contribution is 0.285. The molecular weight excluding hydrogens is 286 g/mol. The molecule has 1 aromatic heterocycles. The number of hydrogen-bond acceptors (Lipinski definition) is 4. The quantitative estimate of drug-likeness (QED) is 0.889. The van der Waals surface area contributed by atoms with Gasteiger partial charge in [-0.15, -0.1) is 5.10 Å². The Morgan fingerprint density at radius 2 is 1.76 bits per heavy atom. The Bertz CT molecular complexity index is 599. The van der Waals surface area contributed by atoms with E-state index < -0.39 is 0 Å². The third kappa shape index (κ3) is 3.71. The van der Waals surface area contributed by atoms with E-state index in [2.05, 4.69) is 24.0 Å². The van der Waals surface area contributed by atoms with Crippen molar-refractivity contribution < 1.29 is 4.74 Å². The second-order valence-corrected chi connectivity index (χ2v) is 5.17. The third-order valence-corrected chi connectivity index (χ3v) is 3.67. The fourth-order valence-electron chi connectivity index (χ4n) is 2.29. The fraction of sp³-hybridized carbons (Fsp3) is 0.375. The molecule has 1 heterocycles. The summed E-state index contributed by atoms with van der Waals surface area (Å²) in [6, 6.07) is 7.54. The lowest BCUT2D eigenvalue weighted by atomic mass is 10.0. The van der Waals surface area contributed by atoms with Crippen LogP contribution in [0.15, 0.2) is 24.3 Å². The van der Waals surface area contributed by atoms with E-state index in [9.17, 15) is 0 Å². The molecule has 2 aromatic rings. The molecule has 5 heteroatoms. The molecule has 0 aliphatic carbocycles. The Morgan fingerprint density at radius 3 is 2.33 bits per heavy atom. The van der Waals surface area contributed by atoms with Gasteiger partial charge in [-0.2, -0.15) is 5.10 Å². The minimum absolute atomic E-state index is 0.404. The number of rotatable bonds is 6. The van der Waals surface area contributed by atoms with Crippen molar-refractivity contribution in [2.45, 2.75) is 39.8 Å². The average Bonchev–Trinajstić information content (AvgIpc) is 2.53. The minimum atomic E-state index is 0.404. The lowest BCUT2D eigenvalue weighted by Crippen LogP contribution is -2.12. The summed E-state index contributed by atoms with van der Waals surface area (Å²) in [6.07, 6.45) is 1.73. The number of ether oxygens (including phenoxy) is 1. The van der Waals surface area contributed by atoms with Crippen molar-refractivity contribution in [1.29, 1.82) is 0 Å². The molecule has 0 aliphatic rings. The van der Waals surface area contributed by atoms with E-state index in [0.717, 1.165) is 35.2 Å². The van der Waals surface area contributed by atoms with Gasteiger partial charge in [0.1, 0.15) is 6.61 Å². The number of aryl methyl sites for hydroxylation is 1. The van der Waals surface area contributed by atoms with Crippen LogP contribution in [0.4, 0.5) is 0 Å². The van der Waals surface area contributed by atoms with Crippen molar-refractivity contribution >= 4 is 11.6 Å². The highest BCUT2D eigenvalue weighted by Gasteiger charge is 2.14. The Labute approximate surface area is 130 Å². The largest absolute Gasteiger partial charge is 0.471 e. The summed E-state index contributed by atoms with van der Waals surface area (Å²) in [6.45, 7) is 4.99. The molecule has 112 valence electrons. The Morgan fingerprint density at radius 1 is 1.05 bits per heavy atom. The molecule has 0 saturated carbocycles. The topological polar surface area (TPSA) is 61.0 Å². The van der Waals surface area contributed by atoms with Crippen LogP contribution in [0.2, 0.25) is 5.02 Å². The van der Waals surface area contributed by atoms with Crippen LogP contribution in [0.5, 0.6) is 5.88 Å². The van der Waals surface area contributed by atoms with Gasteiger partial charge >= 0.3 is 0 Å². The number of nitrogens with zero attached hydrogens (tertiary/aromatic N) is 2. The normalized spacial score (nSPS) is 10.7. The molecule has 0 unspecified atom stereocenters. The van der Waals surface area contributed by atoms with Gasteiger partial charge in [-0.05, 0) is 36.1 Å². The summed E-state index contributed by atoms with van der Waals surface area (Å²) < 4.78 is 5.80. The predicted octanol–water partition coefficient (Wildman–Crippen LogP) is 3.29. The number of halogens is 1. The molecule has 1 aromatic carbocycles. The SMILES string of the molecule is CCc1nnc(OCc2ccc(Cl)cc2)c(CN)c1CC. The zero-order valence-corrected chi connectivity index (χ0v) is 13.2. The summed E-state index contributed by atoms with van der Waals surface area (Å²) in [4.78, 5) is 0. The maximum atomic E-state index is 5.87. The van der Waals surface area contributed by atoms with Crippen LogP contribution >= 0.6 is 11.6 Å². The van der Waals surface area contributed by atoms with Crippen LogP contribution in [0, 0.1) is 0 Å². The van der Waals surface area contributed by atoms with E-state index in [1.165, 1.54) is 0 Å². The van der Waals surface area contributed by atoms with Crippen LogP contribution < -0.4 is 10.5 Å². The first-order valence-electron chi connectivity index (χ1n) is 7.14. The molecule has 2 N–H and O–H groups in total. The summed E-state index contributed by atoms with van der Waals surface area (Å²) in [5, 5.41) is 9.14. The van der Waals surface area contributed by atoms with Gasteiger partial charge in [-0.3, -0.25) is 0 Å². The second kappa shape index (κ2) is 7.38. The van der Waals surface area contributed by atoms with Crippen molar-refractivity contribution in [1.82, 2.24) is 10.2 Å². The van der Waals surface area contributed by atoms with Gasteiger partial charge in [-0.1, -0.05) is 37.6 Å². The van der Waals surface area contributed by atoms with Gasteiger partial charge < -0.3 is 10.5 Å². The highest BCUT2D eigenvalue weighted by atomic mass is 35.5. The average molecular weight is 306 g/mol. The second-order valence-electron chi connectivity index (χ2n) is 4.74. The van der Waals surface area contributed by atoms with E-state index in [1.54, 1.807) is 0 Å². The lowest BCUT2D eigenvalue weighted by Gasteiger charge is -2.14. The van der Waals surface area contributed by atoms with Crippen LogP contribution in [-0.2, 0) is 26.0 Å². The van der Waals surface area contributed by atoms with Crippen molar-refractivity contribution in [2.24, 2.45) is 5.73 Å². The van der Waals surface area contributed by atoms with Gasteiger partial charge in [0.15, 0.2) is 0 Å². The molecule has 2 rings (SSSR count). The third-order valence-electron chi connectivity index (χ3n) is 3.41. The molecule has 0 atom stereocenters. The first-order chi connectivity index (χ1) is 10.2. The minimum Gasteiger partial charge on any atom is -0.471 e. The highest BCUT2D eigenvalue weighted by Crippen LogP contribution is 2.23. The van der Waals surface area contributed by atoms with Crippen molar-refractivity contribution in [3.8, 4) is 5.88 Å².